The van der Waals surface area contributed by atoms with Crippen LogP contribution < -0.4 is 15.8 Å². The van der Waals surface area contributed by atoms with Crippen molar-refractivity contribution in [3.05, 3.63) is 24.3 Å². The van der Waals surface area contributed by atoms with E-state index in [0.29, 0.717) is 17.4 Å². The van der Waals surface area contributed by atoms with Gasteiger partial charge in [0.15, 0.2) is 11.6 Å². The molecule has 2 aromatic heterocycles. The van der Waals surface area contributed by atoms with Gasteiger partial charge in [-0.3, -0.25) is 0 Å². The Labute approximate surface area is 105 Å². The Morgan fingerprint density at radius 3 is 2.83 bits per heavy atom. The second kappa shape index (κ2) is 4.91. The van der Waals surface area contributed by atoms with Crippen LogP contribution in [-0.4, -0.2) is 26.9 Å². The highest BCUT2D eigenvalue weighted by atomic mass is 16.5. The average Bonchev–Trinajstić information content (AvgIpc) is 2.78. The molecule has 2 aromatic rings. The number of pyridine rings is 1. The van der Waals surface area contributed by atoms with Crippen molar-refractivity contribution < 1.29 is 4.74 Å². The van der Waals surface area contributed by atoms with Crippen LogP contribution in [0.4, 0.5) is 11.5 Å². The monoisotopic (exact) mass is 248 g/mol. The lowest BCUT2D eigenvalue weighted by molar-refractivity contribution is 0.398. The third kappa shape index (κ3) is 2.34. The molecule has 18 heavy (non-hydrogen) atoms. The zero-order valence-corrected chi connectivity index (χ0v) is 10.6. The molecular weight excluding hydrogens is 232 g/mol. The second-order valence-corrected chi connectivity index (χ2v) is 3.96. The Morgan fingerprint density at radius 2 is 2.22 bits per heavy atom. The van der Waals surface area contributed by atoms with Gasteiger partial charge in [0.05, 0.1) is 18.8 Å². The van der Waals surface area contributed by atoms with Crippen molar-refractivity contribution in [3.8, 4) is 5.88 Å². The molecular formula is C11H16N6O. The van der Waals surface area contributed by atoms with Crippen molar-refractivity contribution in [2.75, 3.05) is 18.2 Å². The van der Waals surface area contributed by atoms with Crippen LogP contribution in [-0.2, 0) is 7.05 Å². The number of aryl methyl sites for hydroxylation is 1. The SMILES string of the molecule is COc1ccc(N)c(NC(C)c2nncn2C)n1. The maximum absolute atomic E-state index is 5.86. The summed E-state index contributed by atoms with van der Waals surface area (Å²) >= 11 is 0. The fourth-order valence-corrected chi connectivity index (χ4v) is 1.64. The Bertz CT molecular complexity index is 538. The lowest BCUT2D eigenvalue weighted by Gasteiger charge is -2.15. The summed E-state index contributed by atoms with van der Waals surface area (Å²) in [6.45, 7) is 1.96. The number of aromatic nitrogens is 4. The van der Waals surface area contributed by atoms with Gasteiger partial charge in [-0.25, -0.2) is 0 Å². The molecule has 1 atom stereocenters. The first-order chi connectivity index (χ1) is 8.61. The van der Waals surface area contributed by atoms with Crippen LogP contribution in [0.2, 0.25) is 0 Å². The first-order valence-electron chi connectivity index (χ1n) is 5.52. The molecule has 7 heteroatoms. The number of nitrogens with two attached hydrogens (primary N) is 1. The molecule has 0 aliphatic carbocycles. The highest BCUT2D eigenvalue weighted by Crippen LogP contribution is 2.23. The van der Waals surface area contributed by atoms with Crippen LogP contribution in [0.25, 0.3) is 0 Å². The second-order valence-electron chi connectivity index (χ2n) is 3.96. The van der Waals surface area contributed by atoms with E-state index < -0.39 is 0 Å². The van der Waals surface area contributed by atoms with Gasteiger partial charge >= 0.3 is 0 Å². The van der Waals surface area contributed by atoms with E-state index in [1.54, 1.807) is 25.6 Å². The molecule has 0 radical (unpaired) electrons. The van der Waals surface area contributed by atoms with Crippen molar-refractivity contribution in [3.63, 3.8) is 0 Å². The molecule has 0 aromatic carbocycles. The van der Waals surface area contributed by atoms with Crippen LogP contribution in [0.3, 0.4) is 0 Å². The van der Waals surface area contributed by atoms with Gasteiger partial charge in [0.2, 0.25) is 5.88 Å². The Kier molecular flexibility index (Phi) is 3.31. The molecule has 2 heterocycles. The number of hydrogen-bond donors (Lipinski definition) is 2. The zero-order valence-electron chi connectivity index (χ0n) is 10.6. The summed E-state index contributed by atoms with van der Waals surface area (Å²) in [6.07, 6.45) is 1.65. The maximum Gasteiger partial charge on any atom is 0.215 e. The quantitative estimate of drug-likeness (QED) is 0.838. The predicted octanol–water partition coefficient (Wildman–Crippen LogP) is 0.974. The molecule has 0 amide bonds. The van der Waals surface area contributed by atoms with Gasteiger partial charge in [0.1, 0.15) is 6.33 Å². The molecule has 2 rings (SSSR count). The number of methoxy groups -OCH3 is 1. The van der Waals surface area contributed by atoms with Crippen molar-refractivity contribution in [2.45, 2.75) is 13.0 Å². The predicted molar refractivity (Wildman–Crippen MR) is 68.2 cm³/mol. The van der Waals surface area contributed by atoms with Gasteiger partial charge in [-0.15, -0.1) is 10.2 Å². The molecule has 0 bridgehead atoms. The Morgan fingerprint density at radius 1 is 1.44 bits per heavy atom. The molecule has 0 saturated heterocycles. The van der Waals surface area contributed by atoms with E-state index >= 15 is 0 Å². The smallest absolute Gasteiger partial charge is 0.215 e. The summed E-state index contributed by atoms with van der Waals surface area (Å²) in [7, 11) is 3.45. The van der Waals surface area contributed by atoms with Crippen molar-refractivity contribution in [2.24, 2.45) is 7.05 Å². The third-order valence-corrected chi connectivity index (χ3v) is 2.60. The molecule has 3 N–H and O–H groups in total. The number of nitrogens with one attached hydrogen (secondary N) is 1. The Hall–Kier alpha value is -2.31. The van der Waals surface area contributed by atoms with E-state index in [-0.39, 0.29) is 6.04 Å². The zero-order chi connectivity index (χ0) is 13.1. The van der Waals surface area contributed by atoms with Crippen molar-refractivity contribution in [1.82, 2.24) is 19.7 Å². The number of hydrogen-bond acceptors (Lipinski definition) is 6. The van der Waals surface area contributed by atoms with E-state index in [0.717, 1.165) is 5.82 Å². The van der Waals surface area contributed by atoms with E-state index in [2.05, 4.69) is 20.5 Å². The largest absolute Gasteiger partial charge is 0.481 e. The van der Waals surface area contributed by atoms with Crippen LogP contribution in [0, 0.1) is 0 Å². The van der Waals surface area contributed by atoms with Gasteiger partial charge in [-0.05, 0) is 13.0 Å². The third-order valence-electron chi connectivity index (χ3n) is 2.60. The number of nitrogens with zero attached hydrogens (tertiary/aromatic N) is 4. The van der Waals surface area contributed by atoms with E-state index in [1.165, 1.54) is 0 Å². The molecule has 0 fully saturated rings. The number of rotatable bonds is 4. The van der Waals surface area contributed by atoms with E-state index in [1.807, 2.05) is 18.5 Å². The van der Waals surface area contributed by atoms with E-state index in [9.17, 15) is 0 Å². The minimum Gasteiger partial charge on any atom is -0.481 e. The number of nitrogen functional groups attached to an aromatic ring is 1. The van der Waals surface area contributed by atoms with Gasteiger partial charge in [0.25, 0.3) is 0 Å². The maximum atomic E-state index is 5.86. The van der Waals surface area contributed by atoms with Crippen LogP contribution in [0.1, 0.15) is 18.8 Å². The van der Waals surface area contributed by atoms with Crippen LogP contribution in [0.15, 0.2) is 18.5 Å². The molecule has 0 spiro atoms. The molecule has 0 aliphatic rings. The fraction of sp³-hybridized carbons (Fsp3) is 0.364. The summed E-state index contributed by atoms with van der Waals surface area (Å²) < 4.78 is 6.91. The van der Waals surface area contributed by atoms with Crippen molar-refractivity contribution >= 4 is 11.5 Å². The number of anilines is 2. The molecule has 0 aliphatic heterocycles. The normalized spacial score (nSPS) is 12.2. The minimum atomic E-state index is -0.0561. The van der Waals surface area contributed by atoms with Gasteiger partial charge in [0, 0.05) is 13.1 Å². The summed E-state index contributed by atoms with van der Waals surface area (Å²) in [6, 6.07) is 3.41. The molecule has 0 saturated carbocycles. The minimum absolute atomic E-state index is 0.0561. The molecule has 1 unspecified atom stereocenters. The molecule has 96 valence electrons. The highest BCUT2D eigenvalue weighted by Gasteiger charge is 2.13. The summed E-state index contributed by atoms with van der Waals surface area (Å²) in [5.41, 5.74) is 6.42. The summed E-state index contributed by atoms with van der Waals surface area (Å²) in [4.78, 5) is 4.25. The number of ether oxygens (including phenoxy) is 1. The summed E-state index contributed by atoms with van der Waals surface area (Å²) in [5.74, 6) is 1.89. The van der Waals surface area contributed by atoms with Gasteiger partial charge < -0.3 is 20.4 Å². The van der Waals surface area contributed by atoms with Crippen LogP contribution in [0.5, 0.6) is 5.88 Å². The standard InChI is InChI=1S/C11H16N6O/c1-7(11-16-13-6-17(11)2)14-10-8(12)4-5-9(15-10)18-3/h4-7H,12H2,1-3H3,(H,14,15). The van der Waals surface area contributed by atoms with Crippen LogP contribution >= 0.6 is 0 Å². The first kappa shape index (κ1) is 12.2. The van der Waals surface area contributed by atoms with Gasteiger partial charge in [-0.1, -0.05) is 0 Å². The topological polar surface area (TPSA) is 90.9 Å². The summed E-state index contributed by atoms with van der Waals surface area (Å²) in [5, 5.41) is 11.1. The van der Waals surface area contributed by atoms with Crippen molar-refractivity contribution in [1.29, 1.82) is 0 Å². The fourth-order valence-electron chi connectivity index (χ4n) is 1.64. The highest BCUT2D eigenvalue weighted by molar-refractivity contribution is 5.62. The Balaban J connectivity index is 2.21. The van der Waals surface area contributed by atoms with E-state index in [4.69, 9.17) is 10.5 Å². The average molecular weight is 248 g/mol. The molecule has 7 nitrogen and oxygen atoms in total. The lowest BCUT2D eigenvalue weighted by Crippen LogP contribution is -2.14. The lowest BCUT2D eigenvalue weighted by atomic mass is 10.3. The van der Waals surface area contributed by atoms with Gasteiger partial charge in [-0.2, -0.15) is 4.98 Å². The first-order valence-corrected chi connectivity index (χ1v) is 5.52.